The van der Waals surface area contributed by atoms with E-state index in [1.165, 1.54) is 0 Å². The highest BCUT2D eigenvalue weighted by atomic mass is 79.9. The molecule has 19 heavy (non-hydrogen) atoms. The summed E-state index contributed by atoms with van der Waals surface area (Å²) in [6.07, 6.45) is 0. The zero-order valence-corrected chi connectivity index (χ0v) is 12.4. The van der Waals surface area contributed by atoms with E-state index in [1.807, 2.05) is 32.0 Å². The van der Waals surface area contributed by atoms with E-state index in [0.29, 0.717) is 5.56 Å². The van der Waals surface area contributed by atoms with Crippen molar-refractivity contribution >= 4 is 33.2 Å². The molecule has 0 saturated heterocycles. The maximum Gasteiger partial charge on any atom is 0.255 e. The molecule has 2 rings (SSSR count). The summed E-state index contributed by atoms with van der Waals surface area (Å²) in [5.41, 5.74) is 9.87. The number of nitrogen functional groups attached to an aromatic ring is 1. The monoisotopic (exact) mass is 318 g/mol. The molecular weight excluding hydrogens is 304 g/mol. The van der Waals surface area contributed by atoms with E-state index in [9.17, 15) is 4.79 Å². The van der Waals surface area contributed by atoms with Crippen LogP contribution in [-0.2, 0) is 0 Å². The second-order valence-corrected chi connectivity index (χ2v) is 5.34. The normalized spacial score (nSPS) is 10.3. The van der Waals surface area contributed by atoms with Gasteiger partial charge in [-0.2, -0.15) is 0 Å². The molecule has 2 aromatic carbocycles. The first-order chi connectivity index (χ1) is 8.97. The standard InChI is InChI=1S/C15H15BrN2O/c1-9-3-4-11(8-13(9)16)15(19)18-12-5-6-14(17)10(2)7-12/h3-8H,17H2,1-2H3,(H,18,19). The van der Waals surface area contributed by atoms with Gasteiger partial charge in [0.2, 0.25) is 0 Å². The van der Waals surface area contributed by atoms with Crippen molar-refractivity contribution in [3.63, 3.8) is 0 Å². The smallest absolute Gasteiger partial charge is 0.255 e. The third kappa shape index (κ3) is 3.15. The van der Waals surface area contributed by atoms with Gasteiger partial charge in [0.25, 0.3) is 5.91 Å². The van der Waals surface area contributed by atoms with Gasteiger partial charge in [-0.25, -0.2) is 0 Å². The fourth-order valence-electron chi connectivity index (χ4n) is 1.69. The Hall–Kier alpha value is -1.81. The number of rotatable bonds is 2. The molecule has 0 spiro atoms. The van der Waals surface area contributed by atoms with Gasteiger partial charge in [0.05, 0.1) is 0 Å². The third-order valence-corrected chi connectivity index (χ3v) is 3.82. The van der Waals surface area contributed by atoms with Gasteiger partial charge in [0, 0.05) is 21.4 Å². The minimum Gasteiger partial charge on any atom is -0.399 e. The Labute approximate surface area is 121 Å². The average Bonchev–Trinajstić information content (AvgIpc) is 2.37. The second-order valence-electron chi connectivity index (χ2n) is 4.49. The van der Waals surface area contributed by atoms with Crippen molar-refractivity contribution in [1.82, 2.24) is 0 Å². The summed E-state index contributed by atoms with van der Waals surface area (Å²) in [4.78, 5) is 12.1. The molecule has 2 aromatic rings. The number of carbonyl (C=O) groups is 1. The van der Waals surface area contributed by atoms with Crippen LogP contribution < -0.4 is 11.1 Å². The minimum atomic E-state index is -0.134. The Kier molecular flexibility index (Phi) is 3.90. The molecule has 98 valence electrons. The number of hydrogen-bond donors (Lipinski definition) is 2. The lowest BCUT2D eigenvalue weighted by Gasteiger charge is -2.08. The summed E-state index contributed by atoms with van der Waals surface area (Å²) < 4.78 is 0.925. The van der Waals surface area contributed by atoms with Crippen molar-refractivity contribution in [2.75, 3.05) is 11.1 Å². The summed E-state index contributed by atoms with van der Waals surface area (Å²) in [7, 11) is 0. The van der Waals surface area contributed by atoms with Crippen molar-refractivity contribution in [2.45, 2.75) is 13.8 Å². The largest absolute Gasteiger partial charge is 0.399 e. The van der Waals surface area contributed by atoms with E-state index >= 15 is 0 Å². The summed E-state index contributed by atoms with van der Waals surface area (Å²) in [6.45, 7) is 3.89. The topological polar surface area (TPSA) is 55.1 Å². The molecular formula is C15H15BrN2O. The summed E-state index contributed by atoms with van der Waals surface area (Å²) >= 11 is 3.42. The van der Waals surface area contributed by atoms with E-state index in [-0.39, 0.29) is 5.91 Å². The van der Waals surface area contributed by atoms with Gasteiger partial charge in [-0.1, -0.05) is 22.0 Å². The van der Waals surface area contributed by atoms with Crippen LogP contribution >= 0.6 is 15.9 Å². The predicted molar refractivity (Wildman–Crippen MR) is 82.4 cm³/mol. The van der Waals surface area contributed by atoms with Gasteiger partial charge in [0.1, 0.15) is 0 Å². The van der Waals surface area contributed by atoms with Crippen LogP contribution in [0.5, 0.6) is 0 Å². The summed E-state index contributed by atoms with van der Waals surface area (Å²) in [5, 5.41) is 2.86. The van der Waals surface area contributed by atoms with Crippen LogP contribution in [0.3, 0.4) is 0 Å². The predicted octanol–water partition coefficient (Wildman–Crippen LogP) is 3.90. The molecule has 0 unspecified atom stereocenters. The van der Waals surface area contributed by atoms with Gasteiger partial charge >= 0.3 is 0 Å². The SMILES string of the molecule is Cc1cc(NC(=O)c2ccc(C)c(Br)c2)ccc1N. The lowest BCUT2D eigenvalue weighted by atomic mass is 10.1. The van der Waals surface area contributed by atoms with Crippen LogP contribution in [0, 0.1) is 13.8 Å². The van der Waals surface area contributed by atoms with E-state index in [0.717, 1.165) is 27.0 Å². The molecule has 0 fully saturated rings. The first kappa shape index (κ1) is 13.6. The molecule has 0 bridgehead atoms. The lowest BCUT2D eigenvalue weighted by Crippen LogP contribution is -2.12. The minimum absolute atomic E-state index is 0.134. The van der Waals surface area contributed by atoms with Crippen LogP contribution in [0.4, 0.5) is 11.4 Å². The van der Waals surface area contributed by atoms with Crippen molar-refractivity contribution in [3.8, 4) is 0 Å². The second kappa shape index (κ2) is 5.45. The molecule has 0 heterocycles. The first-order valence-electron chi connectivity index (χ1n) is 5.91. The zero-order valence-electron chi connectivity index (χ0n) is 10.8. The molecule has 0 aliphatic heterocycles. The number of amides is 1. The molecule has 0 saturated carbocycles. The van der Waals surface area contributed by atoms with Gasteiger partial charge in [-0.3, -0.25) is 4.79 Å². The number of nitrogens with two attached hydrogens (primary N) is 1. The van der Waals surface area contributed by atoms with E-state index in [4.69, 9.17) is 5.73 Å². The Morgan fingerprint density at radius 2 is 1.84 bits per heavy atom. The molecule has 0 aliphatic carbocycles. The van der Waals surface area contributed by atoms with Gasteiger partial charge in [-0.05, 0) is 55.3 Å². The molecule has 3 N–H and O–H groups in total. The molecule has 3 nitrogen and oxygen atoms in total. The van der Waals surface area contributed by atoms with Crippen LogP contribution in [-0.4, -0.2) is 5.91 Å². The Morgan fingerprint density at radius 3 is 2.47 bits per heavy atom. The quantitative estimate of drug-likeness (QED) is 0.825. The van der Waals surface area contributed by atoms with Crippen molar-refractivity contribution in [2.24, 2.45) is 0 Å². The van der Waals surface area contributed by atoms with Crippen molar-refractivity contribution in [3.05, 3.63) is 57.6 Å². The maximum absolute atomic E-state index is 12.1. The van der Waals surface area contributed by atoms with Crippen molar-refractivity contribution < 1.29 is 4.79 Å². The number of aryl methyl sites for hydroxylation is 2. The fraction of sp³-hybridized carbons (Fsp3) is 0.133. The third-order valence-electron chi connectivity index (χ3n) is 2.96. The number of nitrogens with one attached hydrogen (secondary N) is 1. The number of carbonyl (C=O) groups excluding carboxylic acids is 1. The van der Waals surface area contributed by atoms with E-state index in [1.54, 1.807) is 18.2 Å². The number of benzene rings is 2. The van der Waals surface area contributed by atoms with Crippen molar-refractivity contribution in [1.29, 1.82) is 0 Å². The molecule has 0 radical (unpaired) electrons. The van der Waals surface area contributed by atoms with E-state index < -0.39 is 0 Å². The Bertz CT molecular complexity index is 638. The maximum atomic E-state index is 12.1. The van der Waals surface area contributed by atoms with E-state index in [2.05, 4.69) is 21.2 Å². The summed E-state index contributed by atoms with van der Waals surface area (Å²) in [5.74, 6) is -0.134. The fourth-order valence-corrected chi connectivity index (χ4v) is 2.07. The zero-order chi connectivity index (χ0) is 14.0. The highest BCUT2D eigenvalue weighted by Gasteiger charge is 2.08. The molecule has 0 aromatic heterocycles. The molecule has 4 heteroatoms. The van der Waals surface area contributed by atoms with Gasteiger partial charge in [0.15, 0.2) is 0 Å². The van der Waals surface area contributed by atoms with Crippen LogP contribution in [0.15, 0.2) is 40.9 Å². The molecule has 1 amide bonds. The molecule has 0 aliphatic rings. The van der Waals surface area contributed by atoms with Crippen LogP contribution in [0.1, 0.15) is 21.5 Å². The van der Waals surface area contributed by atoms with Crippen LogP contribution in [0.2, 0.25) is 0 Å². The lowest BCUT2D eigenvalue weighted by molar-refractivity contribution is 0.102. The van der Waals surface area contributed by atoms with Crippen LogP contribution in [0.25, 0.3) is 0 Å². The average molecular weight is 319 g/mol. The molecule has 0 atom stereocenters. The highest BCUT2D eigenvalue weighted by molar-refractivity contribution is 9.10. The Balaban J connectivity index is 2.20. The van der Waals surface area contributed by atoms with Gasteiger partial charge in [-0.15, -0.1) is 0 Å². The highest BCUT2D eigenvalue weighted by Crippen LogP contribution is 2.20. The number of anilines is 2. The van der Waals surface area contributed by atoms with Gasteiger partial charge < -0.3 is 11.1 Å². The Morgan fingerprint density at radius 1 is 1.11 bits per heavy atom. The first-order valence-corrected chi connectivity index (χ1v) is 6.70. The number of halogens is 1. The summed E-state index contributed by atoms with van der Waals surface area (Å²) in [6, 6.07) is 11.0. The number of hydrogen-bond acceptors (Lipinski definition) is 2.